The fourth-order valence-electron chi connectivity index (χ4n) is 2.97. The molecule has 1 aromatic carbocycles. The lowest BCUT2D eigenvalue weighted by Crippen LogP contribution is -2.34. The zero-order valence-corrected chi connectivity index (χ0v) is 13.7. The number of aromatic nitrogens is 2. The summed E-state index contributed by atoms with van der Waals surface area (Å²) < 4.78 is 1.79. The van der Waals surface area contributed by atoms with Crippen molar-refractivity contribution in [2.24, 2.45) is 5.41 Å². The number of carbonyl (C=O) groups excluding carboxylic acids is 1. The van der Waals surface area contributed by atoms with Crippen molar-refractivity contribution in [1.29, 1.82) is 0 Å². The van der Waals surface area contributed by atoms with Crippen molar-refractivity contribution < 1.29 is 14.7 Å². The van der Waals surface area contributed by atoms with Gasteiger partial charge in [0.1, 0.15) is 0 Å². The molecule has 1 saturated heterocycles. The molecule has 2 aromatic rings. The second kappa shape index (κ2) is 6.47. The molecule has 0 radical (unpaired) electrons. The van der Waals surface area contributed by atoms with E-state index in [2.05, 4.69) is 5.10 Å². The number of likely N-dealkylation sites (tertiary alicyclic amines) is 1. The molecule has 0 bridgehead atoms. The number of para-hydroxylation sites is 1. The van der Waals surface area contributed by atoms with Crippen LogP contribution in [-0.4, -0.2) is 44.8 Å². The Bertz CT molecular complexity index is 741. The number of aryl methyl sites for hydroxylation is 1. The highest BCUT2D eigenvalue weighted by Gasteiger charge is 2.41. The first-order valence-corrected chi connectivity index (χ1v) is 8.08. The maximum Gasteiger partial charge on any atom is 0.311 e. The van der Waals surface area contributed by atoms with E-state index < -0.39 is 11.4 Å². The van der Waals surface area contributed by atoms with Crippen LogP contribution in [0.25, 0.3) is 5.69 Å². The van der Waals surface area contributed by atoms with Gasteiger partial charge in [0.2, 0.25) is 5.91 Å². The summed E-state index contributed by atoms with van der Waals surface area (Å²) in [5.41, 5.74) is 1.16. The number of carboxylic acid groups (broad SMARTS) is 1. The number of hydrogen-bond donors (Lipinski definition) is 1. The molecule has 0 spiro atoms. The molecule has 1 amide bonds. The standard InChI is InChI=1S/C18H21N3O3/c1-18(17(23)24)9-10-20(13-18)16(22)8-7-14-11-19-21(12-14)15-5-3-2-4-6-15/h2-6,11-12H,7-10,13H2,1H3,(H,23,24). The topological polar surface area (TPSA) is 75.4 Å². The summed E-state index contributed by atoms with van der Waals surface area (Å²) in [5, 5.41) is 13.6. The monoisotopic (exact) mass is 327 g/mol. The maximum atomic E-state index is 12.3. The first-order valence-electron chi connectivity index (χ1n) is 8.08. The Hall–Kier alpha value is -2.63. The summed E-state index contributed by atoms with van der Waals surface area (Å²) in [6.45, 7) is 2.52. The number of carboxylic acids is 1. The smallest absolute Gasteiger partial charge is 0.311 e. The van der Waals surface area contributed by atoms with Gasteiger partial charge < -0.3 is 10.0 Å². The predicted molar refractivity (Wildman–Crippen MR) is 88.8 cm³/mol. The zero-order chi connectivity index (χ0) is 17.2. The minimum atomic E-state index is -0.832. The average molecular weight is 327 g/mol. The summed E-state index contributed by atoms with van der Waals surface area (Å²) in [5.74, 6) is -0.825. The number of rotatable bonds is 5. The number of carbonyl (C=O) groups is 2. The fourth-order valence-corrected chi connectivity index (χ4v) is 2.97. The van der Waals surface area contributed by atoms with Gasteiger partial charge in [0.05, 0.1) is 17.3 Å². The van der Waals surface area contributed by atoms with E-state index in [0.717, 1.165) is 11.3 Å². The molecule has 6 heteroatoms. The van der Waals surface area contributed by atoms with Crippen LogP contribution in [0.4, 0.5) is 0 Å². The molecule has 126 valence electrons. The molecule has 6 nitrogen and oxygen atoms in total. The number of hydrogen-bond acceptors (Lipinski definition) is 3. The molecule has 1 unspecified atom stereocenters. The van der Waals surface area contributed by atoms with Gasteiger partial charge in [-0.25, -0.2) is 4.68 Å². The van der Waals surface area contributed by atoms with Gasteiger partial charge in [-0.15, -0.1) is 0 Å². The van der Waals surface area contributed by atoms with Crippen LogP contribution in [0.5, 0.6) is 0 Å². The van der Waals surface area contributed by atoms with Gasteiger partial charge in [-0.1, -0.05) is 18.2 Å². The molecule has 2 heterocycles. The van der Waals surface area contributed by atoms with Crippen molar-refractivity contribution in [2.45, 2.75) is 26.2 Å². The van der Waals surface area contributed by atoms with Crippen LogP contribution in [0, 0.1) is 5.41 Å². The number of aliphatic carboxylic acids is 1. The molecule has 1 aliphatic heterocycles. The molecule has 24 heavy (non-hydrogen) atoms. The van der Waals surface area contributed by atoms with Gasteiger partial charge >= 0.3 is 5.97 Å². The van der Waals surface area contributed by atoms with E-state index in [-0.39, 0.29) is 5.91 Å². The average Bonchev–Trinajstić information content (AvgIpc) is 3.21. The van der Waals surface area contributed by atoms with E-state index in [0.29, 0.717) is 32.4 Å². The highest BCUT2D eigenvalue weighted by Crippen LogP contribution is 2.30. The van der Waals surface area contributed by atoms with Crippen LogP contribution in [-0.2, 0) is 16.0 Å². The molecule has 1 N–H and O–H groups in total. The summed E-state index contributed by atoms with van der Waals surface area (Å²) in [6, 6.07) is 9.80. The molecule has 0 saturated carbocycles. The maximum absolute atomic E-state index is 12.3. The van der Waals surface area contributed by atoms with E-state index in [1.807, 2.05) is 36.5 Å². The second-order valence-electron chi connectivity index (χ2n) is 6.56. The van der Waals surface area contributed by atoms with Crippen molar-refractivity contribution in [2.75, 3.05) is 13.1 Å². The minimum absolute atomic E-state index is 0.00689. The van der Waals surface area contributed by atoms with Crippen molar-refractivity contribution in [1.82, 2.24) is 14.7 Å². The van der Waals surface area contributed by atoms with E-state index >= 15 is 0 Å². The Morgan fingerprint density at radius 1 is 1.29 bits per heavy atom. The molecular weight excluding hydrogens is 306 g/mol. The van der Waals surface area contributed by atoms with Crippen LogP contribution < -0.4 is 0 Å². The molecule has 1 aliphatic rings. The highest BCUT2D eigenvalue weighted by atomic mass is 16.4. The first-order chi connectivity index (χ1) is 11.5. The third-order valence-electron chi connectivity index (χ3n) is 4.63. The van der Waals surface area contributed by atoms with E-state index in [9.17, 15) is 14.7 Å². The normalized spacial score (nSPS) is 20.3. The molecule has 1 fully saturated rings. The summed E-state index contributed by atoms with van der Waals surface area (Å²) in [6.07, 6.45) is 5.18. The molecule has 0 aliphatic carbocycles. The molecule has 1 atom stereocenters. The summed E-state index contributed by atoms with van der Waals surface area (Å²) in [4.78, 5) is 25.2. The van der Waals surface area contributed by atoms with Crippen molar-refractivity contribution >= 4 is 11.9 Å². The molecular formula is C18H21N3O3. The third-order valence-corrected chi connectivity index (χ3v) is 4.63. The first kappa shape index (κ1) is 16.2. The van der Waals surface area contributed by atoms with Crippen molar-refractivity contribution in [3.8, 4) is 5.69 Å². The Labute approximate surface area is 140 Å². The van der Waals surface area contributed by atoms with Gasteiger partial charge in [-0.3, -0.25) is 9.59 Å². The van der Waals surface area contributed by atoms with Crippen LogP contribution in [0.15, 0.2) is 42.7 Å². The molecule has 1 aromatic heterocycles. The van der Waals surface area contributed by atoms with Crippen LogP contribution in [0.1, 0.15) is 25.3 Å². The van der Waals surface area contributed by atoms with Gasteiger partial charge in [0, 0.05) is 25.7 Å². The van der Waals surface area contributed by atoms with Gasteiger partial charge in [0.15, 0.2) is 0 Å². The highest BCUT2D eigenvalue weighted by molar-refractivity contribution is 5.80. The second-order valence-corrected chi connectivity index (χ2v) is 6.56. The van der Waals surface area contributed by atoms with Crippen LogP contribution in [0.2, 0.25) is 0 Å². The Balaban J connectivity index is 1.56. The van der Waals surface area contributed by atoms with Crippen LogP contribution >= 0.6 is 0 Å². The minimum Gasteiger partial charge on any atom is -0.481 e. The molecule has 3 rings (SSSR count). The Morgan fingerprint density at radius 3 is 2.71 bits per heavy atom. The largest absolute Gasteiger partial charge is 0.481 e. The van der Waals surface area contributed by atoms with Crippen LogP contribution in [0.3, 0.4) is 0 Å². The predicted octanol–water partition coefficient (Wildman–Crippen LogP) is 2.13. The number of nitrogens with zero attached hydrogens (tertiary/aromatic N) is 3. The Kier molecular flexibility index (Phi) is 4.38. The van der Waals surface area contributed by atoms with Crippen molar-refractivity contribution in [3.63, 3.8) is 0 Å². The summed E-state index contributed by atoms with van der Waals surface area (Å²) in [7, 11) is 0. The third kappa shape index (κ3) is 3.32. The van der Waals surface area contributed by atoms with Gasteiger partial charge in [-0.05, 0) is 37.5 Å². The fraction of sp³-hybridized carbons (Fsp3) is 0.389. The van der Waals surface area contributed by atoms with E-state index in [4.69, 9.17) is 0 Å². The quantitative estimate of drug-likeness (QED) is 0.913. The number of benzene rings is 1. The lowest BCUT2D eigenvalue weighted by Gasteiger charge is -2.20. The number of amides is 1. The lowest BCUT2D eigenvalue weighted by molar-refractivity contribution is -0.147. The SMILES string of the molecule is CC1(C(=O)O)CCN(C(=O)CCc2cnn(-c3ccccc3)c2)C1. The lowest BCUT2D eigenvalue weighted by atomic mass is 9.90. The van der Waals surface area contributed by atoms with Gasteiger partial charge in [0.25, 0.3) is 0 Å². The van der Waals surface area contributed by atoms with Gasteiger partial charge in [-0.2, -0.15) is 5.10 Å². The summed E-state index contributed by atoms with van der Waals surface area (Å²) >= 11 is 0. The van der Waals surface area contributed by atoms with Crippen molar-refractivity contribution in [3.05, 3.63) is 48.3 Å². The van der Waals surface area contributed by atoms with E-state index in [1.54, 1.807) is 22.7 Å². The van der Waals surface area contributed by atoms with E-state index in [1.165, 1.54) is 0 Å². The Morgan fingerprint density at radius 2 is 2.04 bits per heavy atom. The zero-order valence-electron chi connectivity index (χ0n) is 13.7.